The van der Waals surface area contributed by atoms with Gasteiger partial charge < -0.3 is 30.1 Å². The monoisotopic (exact) mass is 547 g/mol. The molecule has 1 heterocycles. The lowest BCUT2D eigenvalue weighted by molar-refractivity contribution is -0.138. The molecule has 0 bridgehead atoms. The molecule has 3 aromatic carbocycles. The number of rotatable bonds is 9. The van der Waals surface area contributed by atoms with Gasteiger partial charge in [-0.2, -0.15) is 0 Å². The van der Waals surface area contributed by atoms with Crippen LogP contribution in [0.15, 0.2) is 72.8 Å². The van der Waals surface area contributed by atoms with Crippen molar-refractivity contribution in [1.29, 1.82) is 0 Å². The summed E-state index contributed by atoms with van der Waals surface area (Å²) in [5.74, 6) is -1.07. The van der Waals surface area contributed by atoms with E-state index in [0.717, 1.165) is 16.9 Å². The van der Waals surface area contributed by atoms with E-state index in [9.17, 15) is 18.8 Å². The van der Waals surface area contributed by atoms with Crippen LogP contribution in [0.3, 0.4) is 0 Å². The number of carbonyl (C=O) groups excluding carboxylic acids is 3. The number of aryl methyl sites for hydroxylation is 1. The molecule has 1 fully saturated rings. The molecule has 2 N–H and O–H groups in total. The highest BCUT2D eigenvalue weighted by Crippen LogP contribution is 2.20. The van der Waals surface area contributed by atoms with E-state index in [4.69, 9.17) is 4.74 Å². The Morgan fingerprint density at radius 3 is 2.25 bits per heavy atom. The van der Waals surface area contributed by atoms with Crippen LogP contribution in [0.5, 0.6) is 0 Å². The maximum atomic E-state index is 13.3. The van der Waals surface area contributed by atoms with Crippen molar-refractivity contribution < 1.29 is 23.5 Å². The normalized spacial score (nSPS) is 13.1. The Balaban J connectivity index is 1.28. The van der Waals surface area contributed by atoms with Crippen molar-refractivity contribution in [3.8, 4) is 0 Å². The molecular weight excluding hydrogens is 513 g/mol. The van der Waals surface area contributed by atoms with Crippen LogP contribution in [0.1, 0.15) is 11.1 Å². The summed E-state index contributed by atoms with van der Waals surface area (Å²) in [5, 5.41) is 5.79. The van der Waals surface area contributed by atoms with E-state index >= 15 is 0 Å². The number of nitrogens with one attached hydrogen (secondary N) is 2. The minimum atomic E-state index is -0.370. The molecule has 0 radical (unpaired) electrons. The third kappa shape index (κ3) is 8.03. The Morgan fingerprint density at radius 1 is 0.900 bits per heavy atom. The molecule has 4 amide bonds. The number of benzene rings is 3. The van der Waals surface area contributed by atoms with Crippen molar-refractivity contribution in [2.45, 2.75) is 13.5 Å². The number of nitrogens with zero attached hydrogens (tertiary/aromatic N) is 3. The molecular formula is C30H34FN5O4. The molecule has 0 spiro atoms. The highest BCUT2D eigenvalue weighted by Gasteiger charge is 2.22. The van der Waals surface area contributed by atoms with Gasteiger partial charge in [-0.15, -0.1) is 0 Å². The molecule has 0 aromatic heterocycles. The lowest BCUT2D eigenvalue weighted by Crippen LogP contribution is -2.50. The standard InChI is InChI=1S/C30H34FN5O4/c1-22-4-3-5-26(18-22)33-30(39)35-16-14-34(15-17-35)27-12-10-25(11-13-27)32-28(37)20-36(29(38)21-40-2)19-23-6-8-24(31)9-7-23/h3-13,18H,14-17,19-21H2,1-2H3,(H,32,37)(H,33,39). The number of methoxy groups -OCH3 is 1. The fraction of sp³-hybridized carbons (Fsp3) is 0.300. The Labute approximate surface area is 233 Å². The first-order valence-electron chi connectivity index (χ1n) is 13.1. The van der Waals surface area contributed by atoms with Crippen molar-refractivity contribution >= 4 is 34.9 Å². The summed E-state index contributed by atoms with van der Waals surface area (Å²) < 4.78 is 18.2. The largest absolute Gasteiger partial charge is 0.375 e. The van der Waals surface area contributed by atoms with Crippen LogP contribution in [0.25, 0.3) is 0 Å². The Hall–Kier alpha value is -4.44. The summed E-state index contributed by atoms with van der Waals surface area (Å²) in [6.45, 7) is 4.37. The zero-order valence-electron chi connectivity index (χ0n) is 22.7. The average Bonchev–Trinajstić information content (AvgIpc) is 2.94. The zero-order valence-corrected chi connectivity index (χ0v) is 22.7. The molecule has 1 aliphatic heterocycles. The minimum absolute atomic E-state index is 0.110. The van der Waals surface area contributed by atoms with E-state index in [1.54, 1.807) is 17.0 Å². The van der Waals surface area contributed by atoms with Gasteiger partial charge in [0.15, 0.2) is 0 Å². The third-order valence-electron chi connectivity index (χ3n) is 6.59. The molecule has 1 aliphatic rings. The molecule has 1 saturated heterocycles. The molecule has 0 atom stereocenters. The third-order valence-corrected chi connectivity index (χ3v) is 6.59. The van der Waals surface area contributed by atoms with E-state index < -0.39 is 0 Å². The number of halogens is 1. The summed E-state index contributed by atoms with van der Waals surface area (Å²) >= 11 is 0. The Kier molecular flexibility index (Phi) is 9.69. The van der Waals surface area contributed by atoms with Crippen molar-refractivity contribution in [3.63, 3.8) is 0 Å². The van der Waals surface area contributed by atoms with Crippen LogP contribution < -0.4 is 15.5 Å². The van der Waals surface area contributed by atoms with E-state index in [2.05, 4.69) is 15.5 Å². The maximum absolute atomic E-state index is 13.3. The van der Waals surface area contributed by atoms with Crippen LogP contribution in [0.2, 0.25) is 0 Å². The molecule has 3 aromatic rings. The predicted octanol–water partition coefficient (Wildman–Crippen LogP) is 4.10. The molecule has 210 valence electrons. The molecule has 0 aliphatic carbocycles. The summed E-state index contributed by atoms with van der Waals surface area (Å²) in [4.78, 5) is 43.3. The fourth-order valence-corrected chi connectivity index (χ4v) is 4.48. The number of hydrogen-bond acceptors (Lipinski definition) is 5. The minimum Gasteiger partial charge on any atom is -0.375 e. The second-order valence-corrected chi connectivity index (χ2v) is 9.68. The van der Waals surface area contributed by atoms with Gasteiger partial charge in [0.25, 0.3) is 0 Å². The highest BCUT2D eigenvalue weighted by molar-refractivity contribution is 5.95. The van der Waals surface area contributed by atoms with E-state index in [1.807, 2.05) is 55.5 Å². The second kappa shape index (κ2) is 13.6. The highest BCUT2D eigenvalue weighted by atomic mass is 19.1. The van der Waals surface area contributed by atoms with Gasteiger partial charge in [-0.05, 0) is 66.6 Å². The lowest BCUT2D eigenvalue weighted by atomic mass is 10.2. The van der Waals surface area contributed by atoms with Crippen molar-refractivity contribution in [3.05, 3.63) is 89.7 Å². The molecule has 4 rings (SSSR count). The summed E-state index contributed by atoms with van der Waals surface area (Å²) in [6.07, 6.45) is 0. The van der Waals surface area contributed by atoms with Crippen molar-refractivity contribution in [2.24, 2.45) is 0 Å². The molecule has 0 unspecified atom stereocenters. The Bertz CT molecular complexity index is 1310. The van der Waals surface area contributed by atoms with Crippen LogP contribution in [-0.2, 0) is 20.9 Å². The zero-order chi connectivity index (χ0) is 28.5. The number of piperazine rings is 1. The lowest BCUT2D eigenvalue weighted by Gasteiger charge is -2.36. The van der Waals surface area contributed by atoms with Gasteiger partial charge in [-0.3, -0.25) is 9.59 Å². The van der Waals surface area contributed by atoms with E-state index in [1.165, 1.54) is 24.1 Å². The number of amides is 4. The van der Waals surface area contributed by atoms with Crippen LogP contribution in [-0.4, -0.2) is 74.1 Å². The van der Waals surface area contributed by atoms with Crippen molar-refractivity contribution in [2.75, 3.05) is 62.0 Å². The van der Waals surface area contributed by atoms with Crippen LogP contribution >= 0.6 is 0 Å². The van der Waals surface area contributed by atoms with E-state index in [0.29, 0.717) is 37.4 Å². The number of anilines is 3. The van der Waals surface area contributed by atoms with Gasteiger partial charge in [0.2, 0.25) is 11.8 Å². The Morgan fingerprint density at radius 2 is 1.60 bits per heavy atom. The summed E-state index contributed by atoms with van der Waals surface area (Å²) in [6, 6.07) is 20.9. The first kappa shape index (κ1) is 28.6. The molecule has 9 nitrogen and oxygen atoms in total. The summed E-state index contributed by atoms with van der Waals surface area (Å²) in [5.41, 5.74) is 4.17. The maximum Gasteiger partial charge on any atom is 0.321 e. The number of ether oxygens (including phenoxy) is 1. The van der Waals surface area contributed by atoms with Crippen LogP contribution in [0, 0.1) is 12.7 Å². The first-order chi connectivity index (χ1) is 19.3. The van der Waals surface area contributed by atoms with Gasteiger partial charge in [-0.1, -0.05) is 24.3 Å². The summed E-state index contributed by atoms with van der Waals surface area (Å²) in [7, 11) is 1.41. The number of urea groups is 1. The van der Waals surface area contributed by atoms with Crippen LogP contribution in [0.4, 0.5) is 26.2 Å². The van der Waals surface area contributed by atoms with Gasteiger partial charge in [0, 0.05) is 56.9 Å². The average molecular weight is 548 g/mol. The van der Waals surface area contributed by atoms with Gasteiger partial charge in [0.05, 0.1) is 0 Å². The van der Waals surface area contributed by atoms with Gasteiger partial charge in [-0.25, -0.2) is 9.18 Å². The smallest absolute Gasteiger partial charge is 0.321 e. The van der Waals surface area contributed by atoms with Gasteiger partial charge >= 0.3 is 6.03 Å². The second-order valence-electron chi connectivity index (χ2n) is 9.68. The van der Waals surface area contributed by atoms with Crippen molar-refractivity contribution in [1.82, 2.24) is 9.80 Å². The molecule has 0 saturated carbocycles. The number of hydrogen-bond donors (Lipinski definition) is 2. The van der Waals surface area contributed by atoms with E-state index in [-0.39, 0.29) is 43.4 Å². The van der Waals surface area contributed by atoms with Gasteiger partial charge in [0.1, 0.15) is 19.0 Å². The SMILES string of the molecule is COCC(=O)N(CC(=O)Nc1ccc(N2CCN(C(=O)Nc3cccc(C)c3)CC2)cc1)Cc1ccc(F)cc1. The predicted molar refractivity (Wildman–Crippen MR) is 153 cm³/mol. The quantitative estimate of drug-likeness (QED) is 0.421. The molecule has 40 heavy (non-hydrogen) atoms. The number of carbonyl (C=O) groups is 3. The fourth-order valence-electron chi connectivity index (χ4n) is 4.48. The first-order valence-corrected chi connectivity index (χ1v) is 13.1. The molecule has 10 heteroatoms. The topological polar surface area (TPSA) is 94.2 Å².